The molecule has 4 rings (SSSR count). The van der Waals surface area contributed by atoms with Gasteiger partial charge in [-0.05, 0) is 47.7 Å². The first kappa shape index (κ1) is 31.6. The summed E-state index contributed by atoms with van der Waals surface area (Å²) in [6.45, 7) is 2.00. The van der Waals surface area contributed by atoms with Crippen LogP contribution >= 0.6 is 0 Å². The van der Waals surface area contributed by atoms with Gasteiger partial charge in [0.15, 0.2) is 0 Å². The van der Waals surface area contributed by atoms with Gasteiger partial charge >= 0.3 is 5.97 Å². The van der Waals surface area contributed by atoms with Crippen molar-refractivity contribution >= 4 is 17.8 Å². The molecule has 9 heteroatoms. The van der Waals surface area contributed by atoms with Crippen molar-refractivity contribution in [3.05, 3.63) is 143 Å². The molecule has 4 aromatic carbocycles. The zero-order valence-corrected chi connectivity index (χ0v) is 24.3. The van der Waals surface area contributed by atoms with Gasteiger partial charge in [-0.2, -0.15) is 5.26 Å². The summed E-state index contributed by atoms with van der Waals surface area (Å²) in [6, 6.07) is 32.9. The summed E-state index contributed by atoms with van der Waals surface area (Å²) in [4.78, 5) is 38.1. The van der Waals surface area contributed by atoms with Crippen LogP contribution in [0.5, 0.6) is 0 Å². The molecule has 0 heterocycles. The number of carboxylic acids is 1. The molecule has 0 saturated carbocycles. The van der Waals surface area contributed by atoms with Gasteiger partial charge in [0, 0.05) is 0 Å². The fraction of sp³-hybridized carbons (Fsp3) is 0.200. The summed E-state index contributed by atoms with van der Waals surface area (Å²) in [5.74, 6) is -2.45. The largest absolute Gasteiger partial charge is 0.478 e. The molecule has 0 aliphatic carbocycles. The molecule has 0 radical (unpaired) electrons. The second-order valence-corrected chi connectivity index (χ2v) is 10.3. The van der Waals surface area contributed by atoms with Crippen molar-refractivity contribution in [2.45, 2.75) is 38.0 Å². The zero-order valence-electron chi connectivity index (χ0n) is 24.3. The summed E-state index contributed by atoms with van der Waals surface area (Å²) < 4.78 is 5.64. The first-order chi connectivity index (χ1) is 21.3. The molecule has 0 aliphatic rings. The molecule has 0 spiro atoms. The van der Waals surface area contributed by atoms with Crippen LogP contribution in [0.1, 0.15) is 44.1 Å². The molecular formula is C35H34N4O5. The molecule has 2 amide bonds. The number of hydrogen-bond acceptors (Lipinski definition) is 6. The fourth-order valence-corrected chi connectivity index (χ4v) is 4.72. The highest BCUT2D eigenvalue weighted by molar-refractivity contribution is 5.88. The fourth-order valence-electron chi connectivity index (χ4n) is 4.72. The Morgan fingerprint density at radius 1 is 0.818 bits per heavy atom. The Bertz CT molecular complexity index is 1550. The van der Waals surface area contributed by atoms with E-state index in [9.17, 15) is 19.6 Å². The number of carboxylic acid groups (broad SMARTS) is 1. The summed E-state index contributed by atoms with van der Waals surface area (Å²) in [6.07, 6.45) is 0.254. The van der Waals surface area contributed by atoms with E-state index in [0.29, 0.717) is 0 Å². The second kappa shape index (κ2) is 15.8. The molecule has 0 aliphatic heterocycles. The van der Waals surface area contributed by atoms with E-state index < -0.39 is 29.9 Å². The Hall–Kier alpha value is -5.30. The number of ether oxygens (including phenoxy) is 1. The molecule has 4 aromatic rings. The van der Waals surface area contributed by atoms with Gasteiger partial charge in [-0.25, -0.2) is 10.2 Å². The smallest absolute Gasteiger partial charge is 0.335 e. The summed E-state index contributed by atoms with van der Waals surface area (Å²) >= 11 is 0. The number of hydrogen-bond donors (Lipinski definition) is 4. The van der Waals surface area contributed by atoms with E-state index in [4.69, 9.17) is 9.84 Å². The number of carbonyl (C=O) groups excluding carboxylic acids is 2. The van der Waals surface area contributed by atoms with Crippen LogP contribution in [0.4, 0.5) is 0 Å². The lowest BCUT2D eigenvalue weighted by molar-refractivity contribution is -0.126. The van der Waals surface area contributed by atoms with Gasteiger partial charge in [-0.3, -0.25) is 15.0 Å². The molecule has 0 saturated heterocycles. The van der Waals surface area contributed by atoms with Gasteiger partial charge in [0.05, 0.1) is 30.8 Å². The molecule has 0 fully saturated rings. The second-order valence-electron chi connectivity index (χ2n) is 10.3. The highest BCUT2D eigenvalue weighted by Gasteiger charge is 2.26. The Labute approximate surface area is 256 Å². The highest BCUT2D eigenvalue weighted by atomic mass is 16.5. The van der Waals surface area contributed by atoms with E-state index in [1.54, 1.807) is 12.1 Å². The number of carbonyl (C=O) groups is 3. The van der Waals surface area contributed by atoms with Crippen LogP contribution < -0.4 is 16.2 Å². The van der Waals surface area contributed by atoms with E-state index in [0.717, 1.165) is 27.8 Å². The van der Waals surface area contributed by atoms with Crippen molar-refractivity contribution in [3.8, 4) is 6.07 Å². The quantitative estimate of drug-likeness (QED) is 0.161. The monoisotopic (exact) mass is 590 g/mol. The van der Waals surface area contributed by atoms with Crippen molar-refractivity contribution in [3.63, 3.8) is 0 Å². The van der Waals surface area contributed by atoms with Crippen molar-refractivity contribution in [2.24, 2.45) is 0 Å². The molecule has 9 nitrogen and oxygen atoms in total. The first-order valence-corrected chi connectivity index (χ1v) is 14.1. The van der Waals surface area contributed by atoms with Crippen LogP contribution in [-0.4, -0.2) is 41.6 Å². The van der Waals surface area contributed by atoms with E-state index in [2.05, 4.69) is 16.2 Å². The number of rotatable bonds is 14. The Morgan fingerprint density at radius 3 is 2.02 bits per heavy atom. The molecule has 0 bridgehead atoms. The lowest BCUT2D eigenvalue weighted by Crippen LogP contribution is -2.55. The summed E-state index contributed by atoms with van der Waals surface area (Å²) in [7, 11) is 0. The molecule has 0 aromatic heterocycles. The molecule has 44 heavy (non-hydrogen) atoms. The first-order valence-electron chi connectivity index (χ1n) is 14.1. The van der Waals surface area contributed by atoms with Crippen molar-refractivity contribution in [1.82, 2.24) is 16.2 Å². The molecule has 2 atom stereocenters. The van der Waals surface area contributed by atoms with Gasteiger partial charge in [-0.1, -0.05) is 103 Å². The lowest BCUT2D eigenvalue weighted by atomic mass is 9.91. The van der Waals surface area contributed by atoms with Crippen molar-refractivity contribution in [2.75, 3.05) is 6.61 Å². The maximum absolute atomic E-state index is 13.6. The third kappa shape index (κ3) is 9.10. The average molecular weight is 591 g/mol. The van der Waals surface area contributed by atoms with Crippen LogP contribution in [-0.2, 0) is 27.4 Å². The predicted octanol–water partition coefficient (Wildman–Crippen LogP) is 4.28. The minimum atomic E-state index is -1.02. The van der Waals surface area contributed by atoms with Gasteiger partial charge < -0.3 is 15.2 Å². The van der Waals surface area contributed by atoms with Crippen molar-refractivity contribution < 1.29 is 24.2 Å². The molecule has 4 N–H and O–H groups in total. The number of nitrogens with one attached hydrogen (secondary N) is 3. The van der Waals surface area contributed by atoms with E-state index >= 15 is 0 Å². The van der Waals surface area contributed by atoms with E-state index in [1.165, 1.54) is 12.1 Å². The van der Waals surface area contributed by atoms with Gasteiger partial charge in [0.25, 0.3) is 0 Å². The molecule has 224 valence electrons. The topological polar surface area (TPSA) is 141 Å². The normalized spacial score (nSPS) is 12.1. The van der Waals surface area contributed by atoms with E-state index in [-0.39, 0.29) is 31.1 Å². The standard InChI is InChI=1S/C35H34N4O5/c1-24-9-8-10-26(19-24)20-31(33(40)37-30(21-36)23-44-22-25-15-17-29(18-16-25)35(42)43)38-39-34(41)32(27-11-4-2-5-12-27)28-13-6-3-7-14-28/h2-19,30-32,38H,20,22-23H2,1H3,(H,37,40)(H,39,41)(H,42,43)/t30-,31+/m1/s1. The van der Waals surface area contributed by atoms with Crippen LogP contribution in [0.3, 0.4) is 0 Å². The molecule has 0 unspecified atom stereocenters. The number of hydrazine groups is 1. The van der Waals surface area contributed by atoms with Gasteiger partial charge in [0.2, 0.25) is 11.8 Å². The summed E-state index contributed by atoms with van der Waals surface area (Å²) in [5, 5.41) is 21.5. The predicted molar refractivity (Wildman–Crippen MR) is 165 cm³/mol. The van der Waals surface area contributed by atoms with Crippen molar-refractivity contribution in [1.29, 1.82) is 5.26 Å². The zero-order chi connectivity index (χ0) is 31.3. The molecular weight excluding hydrogens is 556 g/mol. The van der Waals surface area contributed by atoms with Crippen LogP contribution in [0, 0.1) is 18.3 Å². The number of benzene rings is 4. The Balaban J connectivity index is 1.44. The minimum absolute atomic E-state index is 0.0868. The minimum Gasteiger partial charge on any atom is -0.478 e. The number of aryl methyl sites for hydroxylation is 1. The Kier molecular flexibility index (Phi) is 11.4. The lowest BCUT2D eigenvalue weighted by Gasteiger charge is -2.23. The van der Waals surface area contributed by atoms with Crippen LogP contribution in [0.25, 0.3) is 0 Å². The SMILES string of the molecule is Cc1cccc(C[C@H](NNC(=O)C(c2ccccc2)c2ccccc2)C(=O)N[C@H](C#N)COCc2ccc(C(=O)O)cc2)c1. The third-order valence-corrected chi connectivity index (χ3v) is 6.96. The van der Waals surface area contributed by atoms with E-state index in [1.807, 2.05) is 97.9 Å². The third-order valence-electron chi connectivity index (χ3n) is 6.96. The van der Waals surface area contributed by atoms with Gasteiger partial charge in [-0.15, -0.1) is 0 Å². The maximum Gasteiger partial charge on any atom is 0.335 e. The van der Waals surface area contributed by atoms with Gasteiger partial charge in [0.1, 0.15) is 12.1 Å². The van der Waals surface area contributed by atoms with Crippen LogP contribution in [0.2, 0.25) is 0 Å². The number of aromatic carboxylic acids is 1. The van der Waals surface area contributed by atoms with Crippen LogP contribution in [0.15, 0.2) is 109 Å². The maximum atomic E-state index is 13.6. The Morgan fingerprint density at radius 2 is 1.45 bits per heavy atom. The number of amides is 2. The number of nitriles is 1. The average Bonchev–Trinajstić information content (AvgIpc) is 3.04. The highest BCUT2D eigenvalue weighted by Crippen LogP contribution is 2.24. The summed E-state index contributed by atoms with van der Waals surface area (Å²) in [5.41, 5.74) is 10.1. The number of nitrogens with zero attached hydrogens (tertiary/aromatic N) is 1.